The average Bonchev–Trinajstić information content (AvgIpc) is 1.35. The van der Waals surface area contributed by atoms with Crippen molar-refractivity contribution >= 4 is 17.9 Å². The Kier molecular flexibility index (Phi) is 2.85. The van der Waals surface area contributed by atoms with Crippen LogP contribution in [0.3, 0.4) is 0 Å². The van der Waals surface area contributed by atoms with Crippen molar-refractivity contribution in [2.24, 2.45) is 10.7 Å². The fraction of sp³-hybridized carbons (Fsp3) is 0.667. The average molecular weight is 107 g/mol. The second-order valence-electron chi connectivity index (χ2n) is 0.872. The molecule has 0 heterocycles. The standard InChI is InChI=1S/C3H7ClN2/c1-3(4)6-2-5/h2-3H,1H3,(H2,5,6). The van der Waals surface area contributed by atoms with Crippen LogP contribution in [0, 0.1) is 0 Å². The van der Waals surface area contributed by atoms with E-state index in [0.29, 0.717) is 0 Å². The monoisotopic (exact) mass is 106 g/mol. The molecule has 0 aromatic rings. The largest absolute Gasteiger partial charge is 0.390 e. The normalized spacial score (nSPS) is 15.7. The van der Waals surface area contributed by atoms with Gasteiger partial charge in [-0.3, -0.25) is 4.99 Å². The topological polar surface area (TPSA) is 38.4 Å². The van der Waals surface area contributed by atoms with Crippen LogP contribution in [0.4, 0.5) is 0 Å². The van der Waals surface area contributed by atoms with E-state index in [1.807, 2.05) is 0 Å². The van der Waals surface area contributed by atoms with Gasteiger partial charge in [0.1, 0.15) is 5.50 Å². The van der Waals surface area contributed by atoms with Crippen LogP contribution in [0.25, 0.3) is 0 Å². The molecule has 1 atom stereocenters. The van der Waals surface area contributed by atoms with Gasteiger partial charge in [-0.25, -0.2) is 0 Å². The summed E-state index contributed by atoms with van der Waals surface area (Å²) >= 11 is 5.30. The van der Waals surface area contributed by atoms with Gasteiger partial charge in [-0.15, -0.1) is 0 Å². The van der Waals surface area contributed by atoms with E-state index in [2.05, 4.69) is 4.99 Å². The van der Waals surface area contributed by atoms with Crippen LogP contribution in [-0.2, 0) is 0 Å². The minimum atomic E-state index is -0.185. The maximum Gasteiger partial charge on any atom is 0.122 e. The molecule has 2 N–H and O–H groups in total. The highest BCUT2D eigenvalue weighted by molar-refractivity contribution is 6.20. The molecule has 0 saturated carbocycles. The highest BCUT2D eigenvalue weighted by Crippen LogP contribution is 1.90. The van der Waals surface area contributed by atoms with Crippen molar-refractivity contribution in [2.45, 2.75) is 12.4 Å². The number of aliphatic imine (C=N–C) groups is 1. The molecule has 0 fully saturated rings. The Bertz CT molecular complexity index is 50.8. The highest BCUT2D eigenvalue weighted by Gasteiger charge is 1.80. The lowest BCUT2D eigenvalue weighted by atomic mass is 10.8. The summed E-state index contributed by atoms with van der Waals surface area (Å²) in [5, 5.41) is 0. The Labute approximate surface area is 42.0 Å². The number of nitrogens with zero attached hydrogens (tertiary/aromatic N) is 1. The maximum absolute atomic E-state index is 5.30. The van der Waals surface area contributed by atoms with Crippen molar-refractivity contribution in [3.05, 3.63) is 0 Å². The summed E-state index contributed by atoms with van der Waals surface area (Å²) in [6.45, 7) is 1.74. The molecule has 1 unspecified atom stereocenters. The molecule has 0 aromatic carbocycles. The van der Waals surface area contributed by atoms with E-state index in [9.17, 15) is 0 Å². The minimum Gasteiger partial charge on any atom is -0.390 e. The van der Waals surface area contributed by atoms with Crippen molar-refractivity contribution < 1.29 is 0 Å². The SMILES string of the molecule is CC(Cl)/N=C\N. The number of alkyl halides is 1. The van der Waals surface area contributed by atoms with Gasteiger partial charge in [-0.1, -0.05) is 11.6 Å². The molecule has 0 saturated heterocycles. The molecule has 0 aliphatic rings. The van der Waals surface area contributed by atoms with Gasteiger partial charge in [0.2, 0.25) is 0 Å². The van der Waals surface area contributed by atoms with E-state index in [4.69, 9.17) is 17.3 Å². The van der Waals surface area contributed by atoms with Crippen molar-refractivity contribution in [1.82, 2.24) is 0 Å². The number of hydrogen-bond acceptors (Lipinski definition) is 1. The highest BCUT2D eigenvalue weighted by atomic mass is 35.5. The van der Waals surface area contributed by atoms with Gasteiger partial charge in [0, 0.05) is 0 Å². The fourth-order valence-electron chi connectivity index (χ4n) is 0.119. The van der Waals surface area contributed by atoms with Gasteiger partial charge in [0.25, 0.3) is 0 Å². The smallest absolute Gasteiger partial charge is 0.122 e. The lowest BCUT2D eigenvalue weighted by Gasteiger charge is -1.84. The first-order valence-electron chi connectivity index (χ1n) is 1.65. The first-order valence-corrected chi connectivity index (χ1v) is 2.08. The molecule has 3 heteroatoms. The molecule has 36 valence electrons. The molecule has 0 amide bonds. The molecular formula is C3H7ClN2. The number of rotatable bonds is 1. The Morgan fingerprint density at radius 1 is 2.00 bits per heavy atom. The first kappa shape index (κ1) is 5.76. The Balaban J connectivity index is 3.03. The Morgan fingerprint density at radius 2 is 2.50 bits per heavy atom. The van der Waals surface area contributed by atoms with Crippen LogP contribution in [0.15, 0.2) is 4.99 Å². The summed E-state index contributed by atoms with van der Waals surface area (Å²) in [4.78, 5) is 3.54. The molecular weight excluding hydrogens is 99.5 g/mol. The summed E-state index contributed by atoms with van der Waals surface area (Å²) in [5.74, 6) is 0. The van der Waals surface area contributed by atoms with E-state index in [1.165, 1.54) is 6.34 Å². The minimum absolute atomic E-state index is 0.185. The molecule has 0 rings (SSSR count). The van der Waals surface area contributed by atoms with E-state index >= 15 is 0 Å². The zero-order chi connectivity index (χ0) is 4.99. The van der Waals surface area contributed by atoms with Gasteiger partial charge in [-0.05, 0) is 6.92 Å². The van der Waals surface area contributed by atoms with Crippen LogP contribution in [0.2, 0.25) is 0 Å². The fourth-order valence-corrected chi connectivity index (χ4v) is 0.184. The Hall–Kier alpha value is -0.240. The van der Waals surface area contributed by atoms with Gasteiger partial charge in [0.05, 0.1) is 6.34 Å². The molecule has 0 aliphatic carbocycles. The number of halogens is 1. The van der Waals surface area contributed by atoms with Crippen molar-refractivity contribution in [1.29, 1.82) is 0 Å². The zero-order valence-corrected chi connectivity index (χ0v) is 4.31. The van der Waals surface area contributed by atoms with E-state index in [0.717, 1.165) is 0 Å². The molecule has 6 heavy (non-hydrogen) atoms. The van der Waals surface area contributed by atoms with Crippen LogP contribution in [0.1, 0.15) is 6.92 Å². The summed E-state index contributed by atoms with van der Waals surface area (Å²) < 4.78 is 0. The van der Waals surface area contributed by atoms with Gasteiger partial charge in [-0.2, -0.15) is 0 Å². The lowest BCUT2D eigenvalue weighted by molar-refractivity contribution is 1.03. The lowest BCUT2D eigenvalue weighted by Crippen LogP contribution is -1.92. The third-order valence-electron chi connectivity index (χ3n) is 0.291. The van der Waals surface area contributed by atoms with Crippen molar-refractivity contribution in [2.75, 3.05) is 0 Å². The summed E-state index contributed by atoms with van der Waals surface area (Å²) in [5.41, 5.74) is 4.67. The van der Waals surface area contributed by atoms with E-state index in [-0.39, 0.29) is 5.50 Å². The molecule has 0 bridgehead atoms. The molecule has 0 spiro atoms. The van der Waals surface area contributed by atoms with E-state index < -0.39 is 0 Å². The van der Waals surface area contributed by atoms with Crippen LogP contribution in [-0.4, -0.2) is 11.8 Å². The molecule has 0 radical (unpaired) electrons. The van der Waals surface area contributed by atoms with Gasteiger partial charge >= 0.3 is 0 Å². The van der Waals surface area contributed by atoms with Gasteiger partial charge < -0.3 is 5.73 Å². The summed E-state index contributed by atoms with van der Waals surface area (Å²) in [6.07, 6.45) is 1.19. The number of hydrogen-bond donors (Lipinski definition) is 1. The summed E-state index contributed by atoms with van der Waals surface area (Å²) in [7, 11) is 0. The molecule has 2 nitrogen and oxygen atoms in total. The van der Waals surface area contributed by atoms with Crippen LogP contribution < -0.4 is 5.73 Å². The first-order chi connectivity index (χ1) is 2.77. The molecule has 0 aliphatic heterocycles. The second-order valence-corrected chi connectivity index (χ2v) is 1.50. The molecule has 0 aromatic heterocycles. The second kappa shape index (κ2) is 2.97. The predicted molar refractivity (Wildman–Crippen MR) is 28.0 cm³/mol. The predicted octanol–water partition coefficient (Wildman–Crippen LogP) is 0.558. The van der Waals surface area contributed by atoms with Crippen LogP contribution >= 0.6 is 11.6 Å². The summed E-state index contributed by atoms with van der Waals surface area (Å²) in [6, 6.07) is 0. The zero-order valence-electron chi connectivity index (χ0n) is 3.56. The quantitative estimate of drug-likeness (QED) is 0.226. The number of nitrogens with two attached hydrogens (primary N) is 1. The van der Waals surface area contributed by atoms with E-state index in [1.54, 1.807) is 6.92 Å². The van der Waals surface area contributed by atoms with Crippen molar-refractivity contribution in [3.63, 3.8) is 0 Å². The maximum atomic E-state index is 5.30. The van der Waals surface area contributed by atoms with Crippen molar-refractivity contribution in [3.8, 4) is 0 Å². The third-order valence-corrected chi connectivity index (χ3v) is 0.404. The third kappa shape index (κ3) is 3.76. The Morgan fingerprint density at radius 3 is 2.50 bits per heavy atom. The van der Waals surface area contributed by atoms with Gasteiger partial charge in [0.15, 0.2) is 0 Å². The van der Waals surface area contributed by atoms with Crippen LogP contribution in [0.5, 0.6) is 0 Å².